The maximum Gasteiger partial charge on any atom is 0.291 e. The molecule has 2 heterocycles. The molecule has 0 aliphatic rings. The number of nitrogens with two attached hydrogens (primary N) is 1. The van der Waals surface area contributed by atoms with Gasteiger partial charge in [0.05, 0.1) is 16.1 Å². The number of thiophene rings is 1. The summed E-state index contributed by atoms with van der Waals surface area (Å²) in [5.41, 5.74) is 6.88. The van der Waals surface area contributed by atoms with Gasteiger partial charge in [-0.1, -0.05) is 13.8 Å². The van der Waals surface area contributed by atoms with Gasteiger partial charge in [-0.25, -0.2) is 0 Å². The van der Waals surface area contributed by atoms with Gasteiger partial charge in [0.2, 0.25) is 0 Å². The third-order valence-electron chi connectivity index (χ3n) is 4.09. The highest BCUT2D eigenvalue weighted by Crippen LogP contribution is 2.28. The number of nitrogens with one attached hydrogen (secondary N) is 1. The van der Waals surface area contributed by atoms with E-state index in [1.807, 2.05) is 6.92 Å². The van der Waals surface area contributed by atoms with E-state index in [9.17, 15) is 9.59 Å². The summed E-state index contributed by atoms with van der Waals surface area (Å²) < 4.78 is 5.07. The van der Waals surface area contributed by atoms with Crippen molar-refractivity contribution in [2.24, 2.45) is 11.7 Å². The number of carbonyl (C=O) groups excluding carboxylic acids is 2. The fourth-order valence-corrected chi connectivity index (χ4v) is 3.35. The number of hydrogen-bond donors (Lipinski definition) is 2. The van der Waals surface area contributed by atoms with Crippen molar-refractivity contribution >= 4 is 40.6 Å². The summed E-state index contributed by atoms with van der Waals surface area (Å²) in [5, 5.41) is 3.38. The van der Waals surface area contributed by atoms with Gasteiger partial charge in [0.1, 0.15) is 0 Å². The van der Waals surface area contributed by atoms with E-state index in [2.05, 4.69) is 19.2 Å². The van der Waals surface area contributed by atoms with Gasteiger partial charge in [-0.3, -0.25) is 9.59 Å². The summed E-state index contributed by atoms with van der Waals surface area (Å²) in [4.78, 5) is 27.0. The average Bonchev–Trinajstić information content (AvgIpc) is 3.21. The molecular weight excluding hydrogens is 374 g/mol. The molecular formula is C18H26ClN3O3S. The van der Waals surface area contributed by atoms with Crippen molar-refractivity contribution in [1.29, 1.82) is 0 Å². The minimum absolute atomic E-state index is 0. The summed E-state index contributed by atoms with van der Waals surface area (Å²) in [6, 6.07) is 5.11. The largest absolute Gasteiger partial charge is 0.459 e. The molecule has 144 valence electrons. The first kappa shape index (κ1) is 22.2. The lowest BCUT2D eigenvalue weighted by Crippen LogP contribution is -2.34. The first-order valence-electron chi connectivity index (χ1n) is 8.26. The van der Waals surface area contributed by atoms with Crippen LogP contribution < -0.4 is 11.1 Å². The fraction of sp³-hybridized carbons (Fsp3) is 0.444. The van der Waals surface area contributed by atoms with Crippen molar-refractivity contribution in [3.05, 3.63) is 40.7 Å². The number of anilines is 1. The number of halogens is 1. The molecule has 0 spiro atoms. The minimum Gasteiger partial charge on any atom is -0.459 e. The molecule has 0 saturated heterocycles. The second kappa shape index (κ2) is 9.75. The van der Waals surface area contributed by atoms with Crippen molar-refractivity contribution < 1.29 is 14.0 Å². The number of carbonyl (C=O) groups is 2. The zero-order valence-electron chi connectivity index (χ0n) is 15.4. The van der Waals surface area contributed by atoms with Crippen LogP contribution in [0, 0.1) is 12.8 Å². The van der Waals surface area contributed by atoms with E-state index < -0.39 is 0 Å². The normalized spacial score (nSPS) is 11.8. The van der Waals surface area contributed by atoms with Crippen molar-refractivity contribution in [3.8, 4) is 0 Å². The molecule has 0 fully saturated rings. The van der Waals surface area contributed by atoms with Gasteiger partial charge in [-0.15, -0.1) is 23.7 Å². The zero-order chi connectivity index (χ0) is 18.6. The fourth-order valence-electron chi connectivity index (χ4n) is 2.29. The molecule has 26 heavy (non-hydrogen) atoms. The number of nitrogens with zero attached hydrogens (tertiary/aromatic N) is 1. The Labute approximate surface area is 164 Å². The van der Waals surface area contributed by atoms with E-state index in [0.29, 0.717) is 22.3 Å². The topological polar surface area (TPSA) is 88.6 Å². The third-order valence-corrected chi connectivity index (χ3v) is 5.24. The van der Waals surface area contributed by atoms with Crippen LogP contribution in [-0.2, 0) is 0 Å². The van der Waals surface area contributed by atoms with Gasteiger partial charge in [0.15, 0.2) is 5.76 Å². The van der Waals surface area contributed by atoms with Crippen LogP contribution in [0.3, 0.4) is 0 Å². The van der Waals surface area contributed by atoms with Crippen molar-refractivity contribution in [2.75, 3.05) is 18.9 Å². The number of furan rings is 1. The second-order valence-corrected chi connectivity index (χ2v) is 7.53. The summed E-state index contributed by atoms with van der Waals surface area (Å²) in [7, 11) is 1.77. The van der Waals surface area contributed by atoms with Crippen LogP contribution in [0.1, 0.15) is 46.1 Å². The van der Waals surface area contributed by atoms with Crippen LogP contribution in [-0.4, -0.2) is 36.3 Å². The SMILES string of the molecule is Cc1cc(NC(=O)c2ccco2)sc1C(=O)N(C)CCC(N)C(C)C.Cl. The molecule has 0 bridgehead atoms. The highest BCUT2D eigenvalue weighted by molar-refractivity contribution is 7.18. The molecule has 2 rings (SSSR count). The number of amides is 2. The van der Waals surface area contributed by atoms with E-state index in [-0.39, 0.29) is 36.0 Å². The summed E-state index contributed by atoms with van der Waals surface area (Å²) >= 11 is 1.27. The molecule has 8 heteroatoms. The van der Waals surface area contributed by atoms with Gasteiger partial charge < -0.3 is 20.4 Å². The van der Waals surface area contributed by atoms with E-state index in [0.717, 1.165) is 12.0 Å². The molecule has 2 aromatic heterocycles. The van der Waals surface area contributed by atoms with Gasteiger partial charge >= 0.3 is 0 Å². The first-order chi connectivity index (χ1) is 11.8. The summed E-state index contributed by atoms with van der Waals surface area (Å²) in [6.45, 7) is 6.61. The van der Waals surface area contributed by atoms with Gasteiger partial charge in [0, 0.05) is 19.6 Å². The van der Waals surface area contributed by atoms with Gasteiger partial charge in [-0.2, -0.15) is 0 Å². The second-order valence-electron chi connectivity index (χ2n) is 6.48. The van der Waals surface area contributed by atoms with Crippen molar-refractivity contribution in [1.82, 2.24) is 4.90 Å². The molecule has 2 aromatic rings. The van der Waals surface area contributed by atoms with E-state index in [1.165, 1.54) is 17.6 Å². The highest BCUT2D eigenvalue weighted by atomic mass is 35.5. The number of rotatable bonds is 7. The van der Waals surface area contributed by atoms with E-state index >= 15 is 0 Å². The zero-order valence-corrected chi connectivity index (χ0v) is 17.1. The number of aryl methyl sites for hydroxylation is 1. The molecule has 6 nitrogen and oxygen atoms in total. The summed E-state index contributed by atoms with van der Waals surface area (Å²) in [6.07, 6.45) is 2.20. The maximum absolute atomic E-state index is 12.6. The van der Waals surface area contributed by atoms with Crippen molar-refractivity contribution in [2.45, 2.75) is 33.2 Å². The highest BCUT2D eigenvalue weighted by Gasteiger charge is 2.20. The molecule has 0 aromatic carbocycles. The molecule has 0 radical (unpaired) electrons. The standard InChI is InChI=1S/C18H25N3O3S.ClH/c1-11(2)13(19)7-8-21(4)18(23)16-12(3)10-15(25-16)20-17(22)14-6-5-9-24-14;/h5-6,9-11,13H,7-8,19H2,1-4H3,(H,20,22);1H. The van der Waals surface area contributed by atoms with Gasteiger partial charge in [-0.05, 0) is 43.0 Å². The lowest BCUT2D eigenvalue weighted by atomic mass is 10.0. The van der Waals surface area contributed by atoms with Crippen LogP contribution in [0.5, 0.6) is 0 Å². The first-order valence-corrected chi connectivity index (χ1v) is 9.07. The molecule has 0 aliphatic heterocycles. The quantitative estimate of drug-likeness (QED) is 0.741. The summed E-state index contributed by atoms with van der Waals surface area (Å²) in [5.74, 6) is 0.229. The third kappa shape index (κ3) is 5.59. The Morgan fingerprint density at radius 1 is 1.38 bits per heavy atom. The van der Waals surface area contributed by atoms with Crippen LogP contribution in [0.25, 0.3) is 0 Å². The van der Waals surface area contributed by atoms with Crippen LogP contribution in [0.2, 0.25) is 0 Å². The lowest BCUT2D eigenvalue weighted by Gasteiger charge is -2.21. The van der Waals surface area contributed by atoms with E-state index in [1.54, 1.807) is 30.1 Å². The molecule has 1 atom stereocenters. The Kier molecular flexibility index (Phi) is 8.33. The predicted molar refractivity (Wildman–Crippen MR) is 107 cm³/mol. The van der Waals surface area contributed by atoms with E-state index in [4.69, 9.17) is 10.2 Å². The molecule has 3 N–H and O–H groups in total. The minimum atomic E-state index is -0.332. The Hall–Kier alpha value is -1.83. The van der Waals surface area contributed by atoms with Crippen LogP contribution >= 0.6 is 23.7 Å². The molecule has 0 saturated carbocycles. The Morgan fingerprint density at radius 2 is 2.08 bits per heavy atom. The van der Waals surface area contributed by atoms with Crippen molar-refractivity contribution in [3.63, 3.8) is 0 Å². The Bertz CT molecular complexity index is 728. The van der Waals surface area contributed by atoms with Gasteiger partial charge in [0.25, 0.3) is 11.8 Å². The predicted octanol–water partition coefficient (Wildman–Crippen LogP) is 3.77. The molecule has 0 aliphatic carbocycles. The molecule has 2 amide bonds. The maximum atomic E-state index is 12.6. The Morgan fingerprint density at radius 3 is 2.65 bits per heavy atom. The van der Waals surface area contributed by atoms with Crippen LogP contribution in [0.15, 0.2) is 28.9 Å². The smallest absolute Gasteiger partial charge is 0.291 e. The Balaban J connectivity index is 0.00000338. The number of hydrogen-bond acceptors (Lipinski definition) is 5. The monoisotopic (exact) mass is 399 g/mol. The van der Waals surface area contributed by atoms with Crippen LogP contribution in [0.4, 0.5) is 5.00 Å². The lowest BCUT2D eigenvalue weighted by molar-refractivity contribution is 0.0793. The average molecular weight is 400 g/mol. The molecule has 1 unspecified atom stereocenters.